The number of hydrogen-bond donors (Lipinski definition) is 2. The molecule has 1 heterocycles. The van der Waals surface area contributed by atoms with Gasteiger partial charge < -0.3 is 5.73 Å². The van der Waals surface area contributed by atoms with E-state index in [4.69, 9.17) is 5.73 Å². The lowest BCUT2D eigenvalue weighted by atomic mass is 9.84. The number of hydrogen-bond acceptors (Lipinski definition) is 5. The van der Waals surface area contributed by atoms with Crippen LogP contribution < -0.4 is 11.1 Å². The highest BCUT2D eigenvalue weighted by Gasteiger charge is 2.43. The fourth-order valence-corrected chi connectivity index (χ4v) is 2.05. The minimum absolute atomic E-state index is 0.0934. The van der Waals surface area contributed by atoms with E-state index in [0.29, 0.717) is 0 Å². The molecule has 0 spiro atoms. The second kappa shape index (κ2) is 3.82. The van der Waals surface area contributed by atoms with Gasteiger partial charge in [-0.25, -0.2) is 0 Å². The molecule has 2 unspecified atom stereocenters. The zero-order valence-corrected chi connectivity index (χ0v) is 9.47. The first kappa shape index (κ1) is 11.0. The number of aryl methyl sites for hydroxylation is 1. The first-order chi connectivity index (χ1) is 7.52. The molecule has 2 atom stereocenters. The molecule has 0 aliphatic heterocycles. The van der Waals surface area contributed by atoms with E-state index in [1.54, 1.807) is 7.05 Å². The van der Waals surface area contributed by atoms with Crippen LogP contribution in [0.25, 0.3) is 0 Å². The minimum Gasteiger partial charge on any atom is -0.327 e. The molecular formula is C9H16N6O. The Morgan fingerprint density at radius 1 is 1.69 bits per heavy atom. The molecule has 0 bridgehead atoms. The second-order valence-corrected chi connectivity index (χ2v) is 4.47. The van der Waals surface area contributed by atoms with E-state index in [1.807, 2.05) is 6.92 Å². The van der Waals surface area contributed by atoms with Crippen LogP contribution in [-0.4, -0.2) is 32.2 Å². The molecule has 1 fully saturated rings. The summed E-state index contributed by atoms with van der Waals surface area (Å²) in [5.74, 6) is 0.110. The number of nitrogens with one attached hydrogen (secondary N) is 1. The summed E-state index contributed by atoms with van der Waals surface area (Å²) in [7, 11) is 1.64. The van der Waals surface area contributed by atoms with E-state index < -0.39 is 5.41 Å². The largest absolute Gasteiger partial charge is 0.327 e. The summed E-state index contributed by atoms with van der Waals surface area (Å²) in [6.07, 6.45) is 2.68. The maximum atomic E-state index is 12.0. The van der Waals surface area contributed by atoms with Crippen LogP contribution in [0.4, 0.5) is 5.95 Å². The molecule has 1 saturated carbocycles. The Morgan fingerprint density at radius 2 is 2.44 bits per heavy atom. The topological polar surface area (TPSA) is 98.7 Å². The molecule has 1 aliphatic carbocycles. The number of aromatic nitrogens is 4. The number of nitrogens with zero attached hydrogens (tertiary/aromatic N) is 4. The molecule has 0 radical (unpaired) electrons. The van der Waals surface area contributed by atoms with Gasteiger partial charge in [-0.1, -0.05) is 11.5 Å². The zero-order valence-electron chi connectivity index (χ0n) is 9.47. The second-order valence-electron chi connectivity index (χ2n) is 4.47. The highest BCUT2D eigenvalue weighted by atomic mass is 16.2. The van der Waals surface area contributed by atoms with Gasteiger partial charge in [-0.3, -0.25) is 10.1 Å². The highest BCUT2D eigenvalue weighted by Crippen LogP contribution is 2.37. The zero-order chi connectivity index (χ0) is 11.8. The lowest BCUT2D eigenvalue weighted by Crippen LogP contribution is -2.44. The van der Waals surface area contributed by atoms with E-state index in [-0.39, 0.29) is 17.9 Å². The number of nitrogens with two attached hydrogens (primary N) is 1. The molecule has 0 saturated heterocycles. The first-order valence-corrected chi connectivity index (χ1v) is 5.33. The molecular weight excluding hydrogens is 208 g/mol. The van der Waals surface area contributed by atoms with Crippen molar-refractivity contribution in [2.45, 2.75) is 32.2 Å². The van der Waals surface area contributed by atoms with Crippen LogP contribution >= 0.6 is 0 Å². The summed E-state index contributed by atoms with van der Waals surface area (Å²) >= 11 is 0. The fraction of sp³-hybridized carbons (Fsp3) is 0.778. The summed E-state index contributed by atoms with van der Waals surface area (Å²) in [6, 6.07) is -0.0934. The summed E-state index contributed by atoms with van der Waals surface area (Å²) in [5, 5.41) is 13.9. The van der Waals surface area contributed by atoms with E-state index in [0.717, 1.165) is 19.3 Å². The highest BCUT2D eigenvalue weighted by molar-refractivity contribution is 5.94. The van der Waals surface area contributed by atoms with Crippen LogP contribution in [0.5, 0.6) is 0 Å². The molecule has 2 rings (SSSR count). The van der Waals surface area contributed by atoms with Crippen LogP contribution in [0.2, 0.25) is 0 Å². The minimum atomic E-state index is -0.515. The van der Waals surface area contributed by atoms with Gasteiger partial charge in [-0.15, -0.1) is 5.10 Å². The third-order valence-electron chi connectivity index (χ3n) is 3.28. The average molecular weight is 224 g/mol. The predicted molar refractivity (Wildman–Crippen MR) is 57.4 cm³/mol. The molecule has 1 aliphatic rings. The summed E-state index contributed by atoms with van der Waals surface area (Å²) in [4.78, 5) is 13.3. The van der Waals surface area contributed by atoms with Crippen LogP contribution in [0, 0.1) is 5.41 Å². The van der Waals surface area contributed by atoms with E-state index in [2.05, 4.69) is 20.7 Å². The van der Waals surface area contributed by atoms with Crippen molar-refractivity contribution in [3.05, 3.63) is 0 Å². The van der Waals surface area contributed by atoms with Gasteiger partial charge in [0, 0.05) is 6.04 Å². The normalized spacial score (nSPS) is 29.3. The Labute approximate surface area is 93.4 Å². The maximum Gasteiger partial charge on any atom is 0.270 e. The van der Waals surface area contributed by atoms with Crippen molar-refractivity contribution >= 4 is 11.9 Å². The smallest absolute Gasteiger partial charge is 0.270 e. The van der Waals surface area contributed by atoms with Crippen molar-refractivity contribution in [2.24, 2.45) is 18.2 Å². The maximum absolute atomic E-state index is 12.0. The van der Waals surface area contributed by atoms with Crippen LogP contribution in [0.3, 0.4) is 0 Å². The van der Waals surface area contributed by atoms with Gasteiger partial charge in [0.2, 0.25) is 5.91 Å². The third kappa shape index (κ3) is 1.78. The lowest BCUT2D eigenvalue weighted by Gasteiger charge is -2.26. The van der Waals surface area contributed by atoms with E-state index >= 15 is 0 Å². The van der Waals surface area contributed by atoms with Crippen LogP contribution in [-0.2, 0) is 11.8 Å². The number of amides is 1. The number of carbonyl (C=O) groups is 1. The summed E-state index contributed by atoms with van der Waals surface area (Å²) in [6.45, 7) is 1.89. The molecule has 88 valence electrons. The molecule has 0 aromatic carbocycles. The molecule has 7 heteroatoms. The van der Waals surface area contributed by atoms with Gasteiger partial charge in [0.25, 0.3) is 5.95 Å². The summed E-state index contributed by atoms with van der Waals surface area (Å²) in [5.41, 5.74) is 5.44. The monoisotopic (exact) mass is 224 g/mol. The molecule has 1 aromatic heterocycles. The Kier molecular flexibility index (Phi) is 2.63. The number of carbonyl (C=O) groups excluding carboxylic acids is 1. The standard InChI is InChI=1S/C9H16N6O/c1-9(5-3-4-6(9)10)7(16)11-8-12-14-15(2)13-8/h6H,3-5,10H2,1-2H3,(H,11,13,16). The molecule has 1 aromatic rings. The number of rotatable bonds is 2. The van der Waals surface area contributed by atoms with Gasteiger partial charge >= 0.3 is 0 Å². The van der Waals surface area contributed by atoms with Crippen molar-refractivity contribution in [1.29, 1.82) is 0 Å². The van der Waals surface area contributed by atoms with Gasteiger partial charge in [-0.2, -0.15) is 4.80 Å². The fourth-order valence-electron chi connectivity index (χ4n) is 2.05. The van der Waals surface area contributed by atoms with Gasteiger partial charge in [0.05, 0.1) is 12.5 Å². The van der Waals surface area contributed by atoms with E-state index in [9.17, 15) is 4.79 Å². The first-order valence-electron chi connectivity index (χ1n) is 5.33. The lowest BCUT2D eigenvalue weighted by molar-refractivity contribution is -0.125. The Hall–Kier alpha value is -1.50. The Bertz CT molecular complexity index is 402. The number of anilines is 1. The van der Waals surface area contributed by atoms with Crippen LogP contribution in [0.1, 0.15) is 26.2 Å². The SMILES string of the molecule is Cn1nnc(NC(=O)C2(C)CCCC2N)n1. The molecule has 3 N–H and O–H groups in total. The van der Waals surface area contributed by atoms with Crippen molar-refractivity contribution < 1.29 is 4.79 Å². The van der Waals surface area contributed by atoms with Crippen molar-refractivity contribution in [3.8, 4) is 0 Å². The average Bonchev–Trinajstić information content (AvgIpc) is 2.76. The van der Waals surface area contributed by atoms with Gasteiger partial charge in [0.15, 0.2) is 0 Å². The van der Waals surface area contributed by atoms with Crippen molar-refractivity contribution in [1.82, 2.24) is 20.2 Å². The quantitative estimate of drug-likeness (QED) is 0.716. The van der Waals surface area contributed by atoms with Crippen LogP contribution in [0.15, 0.2) is 0 Å². The van der Waals surface area contributed by atoms with Crippen molar-refractivity contribution in [3.63, 3.8) is 0 Å². The molecule has 7 nitrogen and oxygen atoms in total. The molecule has 16 heavy (non-hydrogen) atoms. The van der Waals surface area contributed by atoms with Gasteiger partial charge in [-0.05, 0) is 25.0 Å². The predicted octanol–water partition coefficient (Wildman–Crippen LogP) is -0.334. The summed E-state index contributed by atoms with van der Waals surface area (Å²) < 4.78 is 0. The Morgan fingerprint density at radius 3 is 2.94 bits per heavy atom. The van der Waals surface area contributed by atoms with Crippen molar-refractivity contribution in [2.75, 3.05) is 5.32 Å². The van der Waals surface area contributed by atoms with E-state index in [1.165, 1.54) is 4.80 Å². The van der Waals surface area contributed by atoms with Gasteiger partial charge in [0.1, 0.15) is 0 Å². The third-order valence-corrected chi connectivity index (χ3v) is 3.28. The molecule has 1 amide bonds. The Balaban J connectivity index is 2.08. The number of tetrazole rings is 1.